The van der Waals surface area contributed by atoms with E-state index in [9.17, 15) is 4.79 Å². The van der Waals surface area contributed by atoms with Gasteiger partial charge in [-0.2, -0.15) is 11.3 Å². The number of hydrogen-bond donors (Lipinski definition) is 0. The number of benzene rings is 1. The second kappa shape index (κ2) is 6.61. The van der Waals surface area contributed by atoms with Crippen LogP contribution in [0.15, 0.2) is 46.0 Å². The van der Waals surface area contributed by atoms with Gasteiger partial charge in [0, 0.05) is 10.6 Å². The molecule has 0 fully saturated rings. The molecule has 0 atom stereocenters. The lowest BCUT2D eigenvalue weighted by Crippen LogP contribution is -2.05. The second-order valence-electron chi connectivity index (χ2n) is 3.64. The maximum atomic E-state index is 11.8. The molecule has 0 bridgehead atoms. The summed E-state index contributed by atoms with van der Waals surface area (Å²) in [6.07, 6.45) is 0. The SMILES string of the molecule is CCOC(=O)c1ccccc1SCc1ccsc1. The van der Waals surface area contributed by atoms with E-state index < -0.39 is 0 Å². The smallest absolute Gasteiger partial charge is 0.339 e. The van der Waals surface area contributed by atoms with Crippen LogP contribution in [0.3, 0.4) is 0 Å². The van der Waals surface area contributed by atoms with Crippen molar-refractivity contribution in [3.8, 4) is 0 Å². The molecule has 1 heterocycles. The van der Waals surface area contributed by atoms with Crippen LogP contribution in [0.1, 0.15) is 22.8 Å². The van der Waals surface area contributed by atoms with Crippen molar-refractivity contribution in [2.45, 2.75) is 17.6 Å². The lowest BCUT2D eigenvalue weighted by molar-refractivity contribution is 0.0522. The summed E-state index contributed by atoms with van der Waals surface area (Å²) >= 11 is 3.35. The summed E-state index contributed by atoms with van der Waals surface area (Å²) in [5.41, 5.74) is 1.93. The molecule has 0 saturated carbocycles. The number of hydrogen-bond acceptors (Lipinski definition) is 4. The van der Waals surface area contributed by atoms with Crippen LogP contribution >= 0.6 is 23.1 Å². The van der Waals surface area contributed by atoms with Gasteiger partial charge in [-0.1, -0.05) is 12.1 Å². The Morgan fingerprint density at radius 3 is 2.89 bits per heavy atom. The van der Waals surface area contributed by atoms with E-state index in [-0.39, 0.29) is 5.97 Å². The van der Waals surface area contributed by atoms with Gasteiger partial charge in [0.15, 0.2) is 0 Å². The molecule has 0 aliphatic heterocycles. The molecule has 1 aromatic heterocycles. The van der Waals surface area contributed by atoms with Crippen LogP contribution in [0.4, 0.5) is 0 Å². The lowest BCUT2D eigenvalue weighted by Gasteiger charge is -2.07. The largest absolute Gasteiger partial charge is 0.462 e. The number of thioether (sulfide) groups is 1. The van der Waals surface area contributed by atoms with Crippen molar-refractivity contribution in [2.24, 2.45) is 0 Å². The van der Waals surface area contributed by atoms with Gasteiger partial charge in [0.05, 0.1) is 12.2 Å². The molecule has 0 spiro atoms. The average molecular weight is 278 g/mol. The molecule has 0 aliphatic carbocycles. The molecule has 0 saturated heterocycles. The molecule has 94 valence electrons. The van der Waals surface area contributed by atoms with Gasteiger partial charge in [0.25, 0.3) is 0 Å². The zero-order valence-electron chi connectivity index (χ0n) is 10.1. The Bertz CT molecular complexity index is 506. The molecule has 2 nitrogen and oxygen atoms in total. The minimum atomic E-state index is -0.245. The van der Waals surface area contributed by atoms with Crippen molar-refractivity contribution >= 4 is 29.1 Å². The first kappa shape index (κ1) is 13.2. The van der Waals surface area contributed by atoms with Crippen molar-refractivity contribution in [3.05, 3.63) is 52.2 Å². The van der Waals surface area contributed by atoms with Gasteiger partial charge in [0.1, 0.15) is 0 Å². The first-order valence-electron chi connectivity index (χ1n) is 5.71. The maximum Gasteiger partial charge on any atom is 0.339 e. The Kier molecular flexibility index (Phi) is 4.84. The predicted molar refractivity (Wildman–Crippen MR) is 76.3 cm³/mol. The first-order valence-corrected chi connectivity index (χ1v) is 7.64. The van der Waals surface area contributed by atoms with Crippen molar-refractivity contribution in [3.63, 3.8) is 0 Å². The quantitative estimate of drug-likeness (QED) is 0.605. The summed E-state index contributed by atoms with van der Waals surface area (Å²) in [7, 11) is 0. The third-order valence-electron chi connectivity index (χ3n) is 2.36. The molecule has 0 amide bonds. The van der Waals surface area contributed by atoms with Gasteiger partial charge in [-0.3, -0.25) is 0 Å². The predicted octanol–water partition coefficient (Wildman–Crippen LogP) is 4.22. The molecule has 1 aromatic carbocycles. The van der Waals surface area contributed by atoms with Gasteiger partial charge in [-0.25, -0.2) is 4.79 Å². The fourth-order valence-corrected chi connectivity index (χ4v) is 3.26. The molecule has 0 N–H and O–H groups in total. The summed E-state index contributed by atoms with van der Waals surface area (Å²) in [5.74, 6) is 0.630. The molecular formula is C14H14O2S2. The summed E-state index contributed by atoms with van der Waals surface area (Å²) in [5, 5.41) is 4.19. The average Bonchev–Trinajstić information content (AvgIpc) is 2.90. The number of carbonyl (C=O) groups is 1. The van der Waals surface area contributed by atoms with E-state index in [2.05, 4.69) is 16.8 Å². The van der Waals surface area contributed by atoms with E-state index in [4.69, 9.17) is 4.74 Å². The fourth-order valence-electron chi connectivity index (χ4n) is 1.51. The highest BCUT2D eigenvalue weighted by Gasteiger charge is 2.12. The topological polar surface area (TPSA) is 26.3 Å². The van der Waals surface area contributed by atoms with E-state index in [0.717, 1.165) is 10.6 Å². The fraction of sp³-hybridized carbons (Fsp3) is 0.214. The highest BCUT2D eigenvalue weighted by atomic mass is 32.2. The Morgan fingerprint density at radius 1 is 1.33 bits per heavy atom. The standard InChI is InChI=1S/C14H14O2S2/c1-2-16-14(15)12-5-3-4-6-13(12)18-10-11-7-8-17-9-11/h3-9H,2,10H2,1H3. The van der Waals surface area contributed by atoms with Crippen molar-refractivity contribution in [2.75, 3.05) is 6.61 Å². The Balaban J connectivity index is 2.09. The van der Waals surface area contributed by atoms with Crippen LogP contribution in [-0.4, -0.2) is 12.6 Å². The van der Waals surface area contributed by atoms with Crippen LogP contribution < -0.4 is 0 Å². The monoisotopic (exact) mass is 278 g/mol. The third-order valence-corrected chi connectivity index (χ3v) is 4.23. The van der Waals surface area contributed by atoms with Crippen molar-refractivity contribution < 1.29 is 9.53 Å². The van der Waals surface area contributed by atoms with E-state index in [1.165, 1.54) is 5.56 Å². The van der Waals surface area contributed by atoms with E-state index >= 15 is 0 Å². The Hall–Kier alpha value is -1.26. The molecule has 4 heteroatoms. The van der Waals surface area contributed by atoms with Crippen LogP contribution in [0.5, 0.6) is 0 Å². The Labute approximate surface area is 115 Å². The molecule has 2 rings (SSSR count). The molecular weight excluding hydrogens is 264 g/mol. The highest BCUT2D eigenvalue weighted by molar-refractivity contribution is 7.98. The van der Waals surface area contributed by atoms with Crippen LogP contribution in [0, 0.1) is 0 Å². The third kappa shape index (κ3) is 3.37. The normalized spacial score (nSPS) is 10.3. The molecule has 2 aromatic rings. The van der Waals surface area contributed by atoms with Gasteiger partial charge >= 0.3 is 5.97 Å². The number of ether oxygens (including phenoxy) is 1. The highest BCUT2D eigenvalue weighted by Crippen LogP contribution is 2.27. The van der Waals surface area contributed by atoms with Gasteiger partial charge in [-0.15, -0.1) is 11.8 Å². The minimum absolute atomic E-state index is 0.245. The maximum absolute atomic E-state index is 11.8. The molecule has 0 aliphatic rings. The van der Waals surface area contributed by atoms with Crippen LogP contribution in [0.25, 0.3) is 0 Å². The van der Waals surface area contributed by atoms with Gasteiger partial charge < -0.3 is 4.74 Å². The van der Waals surface area contributed by atoms with E-state index in [1.807, 2.05) is 31.2 Å². The summed E-state index contributed by atoms with van der Waals surface area (Å²) in [4.78, 5) is 12.8. The summed E-state index contributed by atoms with van der Waals surface area (Å²) < 4.78 is 5.06. The van der Waals surface area contributed by atoms with Gasteiger partial charge in [-0.05, 0) is 41.4 Å². The zero-order valence-corrected chi connectivity index (χ0v) is 11.7. The molecule has 0 unspecified atom stereocenters. The van der Waals surface area contributed by atoms with Crippen molar-refractivity contribution in [1.82, 2.24) is 0 Å². The van der Waals surface area contributed by atoms with E-state index in [0.29, 0.717) is 12.2 Å². The number of carbonyl (C=O) groups excluding carboxylic acids is 1. The summed E-state index contributed by atoms with van der Waals surface area (Å²) in [6.45, 7) is 2.22. The van der Waals surface area contributed by atoms with Crippen molar-refractivity contribution in [1.29, 1.82) is 0 Å². The molecule has 0 radical (unpaired) electrons. The van der Waals surface area contributed by atoms with E-state index in [1.54, 1.807) is 23.1 Å². The van der Waals surface area contributed by atoms with Crippen LogP contribution in [0.2, 0.25) is 0 Å². The minimum Gasteiger partial charge on any atom is -0.462 e. The zero-order chi connectivity index (χ0) is 12.8. The second-order valence-corrected chi connectivity index (χ2v) is 5.43. The molecule has 18 heavy (non-hydrogen) atoms. The van der Waals surface area contributed by atoms with Gasteiger partial charge in [0.2, 0.25) is 0 Å². The van der Waals surface area contributed by atoms with Crippen LogP contribution in [-0.2, 0) is 10.5 Å². The number of esters is 1. The number of thiophene rings is 1. The summed E-state index contributed by atoms with van der Waals surface area (Å²) in [6, 6.07) is 9.68. The Morgan fingerprint density at radius 2 is 2.17 bits per heavy atom. The first-order chi connectivity index (χ1) is 8.81. The lowest BCUT2D eigenvalue weighted by atomic mass is 10.2. The number of rotatable bonds is 5.